The van der Waals surface area contributed by atoms with Crippen molar-refractivity contribution in [1.82, 2.24) is 25.2 Å². The maximum absolute atomic E-state index is 14.1. The number of fused-ring (bicyclic) bond motifs is 2. The first-order valence-corrected chi connectivity index (χ1v) is 13.4. The number of esters is 1. The van der Waals surface area contributed by atoms with Crippen LogP contribution in [0.3, 0.4) is 0 Å². The number of likely N-dealkylation sites (tertiary alicyclic amines) is 1. The van der Waals surface area contributed by atoms with Crippen LogP contribution >= 0.6 is 0 Å². The van der Waals surface area contributed by atoms with Crippen LogP contribution in [-0.4, -0.2) is 79.8 Å². The number of hydrogen-bond donors (Lipinski definition) is 2. The molecule has 0 saturated carbocycles. The maximum Gasteiger partial charge on any atom is 0.312 e. The maximum atomic E-state index is 14.1. The zero-order valence-electron chi connectivity index (χ0n) is 21.6. The molecule has 1 spiro atoms. The average Bonchev–Trinajstić information content (AvgIpc) is 3.70. The van der Waals surface area contributed by atoms with Crippen molar-refractivity contribution < 1.29 is 29.0 Å². The molecule has 11 heteroatoms. The third-order valence-corrected chi connectivity index (χ3v) is 8.29. The normalized spacial score (nSPS) is 28.1. The molecule has 2 N–H and O–H groups in total. The highest BCUT2D eigenvalue weighted by molar-refractivity contribution is 5.98. The Balaban J connectivity index is 1.34. The highest BCUT2D eigenvalue weighted by Crippen LogP contribution is 2.59. The number of carbonyl (C=O) groups is 3. The van der Waals surface area contributed by atoms with Gasteiger partial charge in [0.25, 0.3) is 0 Å². The number of ether oxygens (including phenoxy) is 2. The van der Waals surface area contributed by atoms with Crippen LogP contribution in [0, 0.1) is 11.8 Å². The standard InChI is InChI=1S/C28H31N5O6/c1-2-38-27(37)22-21-12-13-28(39-21)23(22)26(36)33(18(15-34)14-17-8-4-3-5-9-17)24(28)25(35)29-16-32-20-11-7-6-10-19(20)30-31-32/h3-11,18,21-24,34H,2,12-16H2,1H3,(H,29,35)/t18-,21-,22+,23+,24-,28+/m1/s1. The van der Waals surface area contributed by atoms with Gasteiger partial charge in [-0.05, 0) is 43.9 Å². The molecule has 39 heavy (non-hydrogen) atoms. The molecule has 6 rings (SSSR count). The quantitative estimate of drug-likeness (QED) is 0.390. The molecule has 11 nitrogen and oxygen atoms in total. The fourth-order valence-electron chi connectivity index (χ4n) is 6.71. The van der Waals surface area contributed by atoms with E-state index in [1.54, 1.807) is 11.6 Å². The molecule has 6 atom stereocenters. The van der Waals surface area contributed by atoms with Crippen LogP contribution < -0.4 is 5.32 Å². The molecule has 2 bridgehead atoms. The van der Waals surface area contributed by atoms with Crippen LogP contribution in [0.4, 0.5) is 0 Å². The Kier molecular flexibility index (Phi) is 6.56. The van der Waals surface area contributed by atoms with E-state index in [2.05, 4.69) is 15.6 Å². The number of aromatic nitrogens is 3. The van der Waals surface area contributed by atoms with E-state index in [0.29, 0.717) is 24.8 Å². The summed E-state index contributed by atoms with van der Waals surface area (Å²) in [5, 5.41) is 21.7. The Hall–Kier alpha value is -3.83. The third-order valence-electron chi connectivity index (χ3n) is 8.29. The molecule has 0 unspecified atom stereocenters. The summed E-state index contributed by atoms with van der Waals surface area (Å²) in [4.78, 5) is 42.6. The van der Waals surface area contributed by atoms with Crippen molar-refractivity contribution in [1.29, 1.82) is 0 Å². The molecule has 3 aromatic rings. The van der Waals surface area contributed by atoms with Crippen LogP contribution in [0.2, 0.25) is 0 Å². The number of nitrogens with one attached hydrogen (secondary N) is 1. The zero-order valence-corrected chi connectivity index (χ0v) is 21.6. The molecule has 0 aliphatic carbocycles. The summed E-state index contributed by atoms with van der Waals surface area (Å²) in [5.74, 6) is -2.93. The summed E-state index contributed by atoms with van der Waals surface area (Å²) in [6.45, 7) is 1.58. The lowest BCUT2D eigenvalue weighted by molar-refractivity contribution is -0.155. The molecular formula is C28H31N5O6. The van der Waals surface area contributed by atoms with Gasteiger partial charge >= 0.3 is 5.97 Å². The first-order chi connectivity index (χ1) is 19.0. The van der Waals surface area contributed by atoms with Crippen LogP contribution in [0.5, 0.6) is 0 Å². The Morgan fingerprint density at radius 1 is 1.21 bits per heavy atom. The molecule has 0 radical (unpaired) electrons. The van der Waals surface area contributed by atoms with Gasteiger partial charge in [-0.3, -0.25) is 14.4 Å². The van der Waals surface area contributed by atoms with Gasteiger partial charge < -0.3 is 24.8 Å². The van der Waals surface area contributed by atoms with E-state index in [1.165, 1.54) is 4.90 Å². The SMILES string of the molecule is CCOC(=O)[C@@H]1[C@H]2C(=O)N([C@@H](CO)Cc3ccccc3)[C@H](C(=O)NCn3nnc4ccccc43)[C@]23CC[C@H]1O3. The number of aliphatic hydroxyl groups is 1. The molecule has 3 fully saturated rings. The van der Waals surface area contributed by atoms with E-state index in [4.69, 9.17) is 9.47 Å². The van der Waals surface area contributed by atoms with Gasteiger partial charge in [0.2, 0.25) is 11.8 Å². The Morgan fingerprint density at radius 2 is 1.97 bits per heavy atom. The van der Waals surface area contributed by atoms with E-state index in [9.17, 15) is 19.5 Å². The molecule has 2 aromatic carbocycles. The van der Waals surface area contributed by atoms with Crippen molar-refractivity contribution in [3.05, 3.63) is 60.2 Å². The van der Waals surface area contributed by atoms with E-state index in [-0.39, 0.29) is 25.8 Å². The van der Waals surface area contributed by atoms with Gasteiger partial charge in [-0.1, -0.05) is 47.7 Å². The van der Waals surface area contributed by atoms with Gasteiger partial charge in [-0.25, -0.2) is 4.68 Å². The fourth-order valence-corrected chi connectivity index (χ4v) is 6.71. The second-order valence-electron chi connectivity index (χ2n) is 10.4. The van der Waals surface area contributed by atoms with Crippen molar-refractivity contribution in [2.75, 3.05) is 13.2 Å². The molecular weight excluding hydrogens is 502 g/mol. The second kappa shape index (κ2) is 10.0. The van der Waals surface area contributed by atoms with Crippen molar-refractivity contribution in [3.63, 3.8) is 0 Å². The predicted molar refractivity (Wildman–Crippen MR) is 138 cm³/mol. The summed E-state index contributed by atoms with van der Waals surface area (Å²) in [7, 11) is 0. The molecule has 204 valence electrons. The number of hydrogen-bond acceptors (Lipinski definition) is 8. The fraction of sp³-hybridized carbons (Fsp3) is 0.464. The Labute approximate surface area is 225 Å². The number of amides is 2. The van der Waals surface area contributed by atoms with Crippen molar-refractivity contribution in [2.24, 2.45) is 11.8 Å². The number of benzene rings is 2. The number of nitrogens with zero attached hydrogens (tertiary/aromatic N) is 4. The van der Waals surface area contributed by atoms with Crippen LogP contribution in [-0.2, 0) is 36.9 Å². The van der Waals surface area contributed by atoms with E-state index in [0.717, 1.165) is 11.1 Å². The lowest BCUT2D eigenvalue weighted by Crippen LogP contribution is -2.58. The minimum Gasteiger partial charge on any atom is -0.466 e. The van der Waals surface area contributed by atoms with E-state index >= 15 is 0 Å². The molecule has 1 aromatic heterocycles. The number of para-hydroxylation sites is 1. The summed E-state index contributed by atoms with van der Waals surface area (Å²) < 4.78 is 13.3. The minimum atomic E-state index is -1.18. The smallest absolute Gasteiger partial charge is 0.312 e. The van der Waals surface area contributed by atoms with E-state index < -0.39 is 47.5 Å². The van der Waals surface area contributed by atoms with Crippen LogP contribution in [0.25, 0.3) is 11.0 Å². The number of aliphatic hydroxyl groups excluding tert-OH is 1. The van der Waals surface area contributed by atoms with Crippen molar-refractivity contribution >= 4 is 28.8 Å². The molecule has 4 heterocycles. The number of carbonyl (C=O) groups excluding carboxylic acids is 3. The monoisotopic (exact) mass is 533 g/mol. The summed E-state index contributed by atoms with van der Waals surface area (Å²) in [6, 6.07) is 15.2. The molecule has 3 aliphatic heterocycles. The average molecular weight is 534 g/mol. The molecule has 3 saturated heterocycles. The summed E-state index contributed by atoms with van der Waals surface area (Å²) in [5.41, 5.74) is 1.18. The third kappa shape index (κ3) is 4.07. The van der Waals surface area contributed by atoms with Crippen molar-refractivity contribution in [2.45, 2.75) is 56.6 Å². The highest BCUT2D eigenvalue weighted by Gasteiger charge is 2.75. The van der Waals surface area contributed by atoms with Gasteiger partial charge in [0.15, 0.2) is 0 Å². The van der Waals surface area contributed by atoms with E-state index in [1.807, 2.05) is 54.6 Å². The first-order valence-electron chi connectivity index (χ1n) is 13.4. The van der Waals surface area contributed by atoms with Crippen LogP contribution in [0.1, 0.15) is 25.3 Å². The number of rotatable bonds is 9. The molecule has 3 aliphatic rings. The minimum absolute atomic E-state index is 0.0336. The highest BCUT2D eigenvalue weighted by atomic mass is 16.6. The van der Waals surface area contributed by atoms with Crippen LogP contribution in [0.15, 0.2) is 54.6 Å². The van der Waals surface area contributed by atoms with Crippen molar-refractivity contribution in [3.8, 4) is 0 Å². The van der Waals surface area contributed by atoms with Gasteiger partial charge in [-0.15, -0.1) is 5.10 Å². The lowest BCUT2D eigenvalue weighted by Gasteiger charge is -2.36. The van der Waals surface area contributed by atoms with Gasteiger partial charge in [0, 0.05) is 0 Å². The lowest BCUT2D eigenvalue weighted by atomic mass is 9.71. The largest absolute Gasteiger partial charge is 0.466 e. The zero-order chi connectivity index (χ0) is 27.1. The summed E-state index contributed by atoms with van der Waals surface area (Å²) >= 11 is 0. The first kappa shape index (κ1) is 25.4. The topological polar surface area (TPSA) is 136 Å². The summed E-state index contributed by atoms with van der Waals surface area (Å²) in [6.07, 6.45) is 0.850. The Morgan fingerprint density at radius 3 is 2.74 bits per heavy atom. The molecule has 2 amide bonds. The van der Waals surface area contributed by atoms with Gasteiger partial charge in [0.05, 0.1) is 42.7 Å². The van der Waals surface area contributed by atoms with Gasteiger partial charge in [0.1, 0.15) is 23.8 Å². The van der Waals surface area contributed by atoms with Gasteiger partial charge in [-0.2, -0.15) is 0 Å². The second-order valence-corrected chi connectivity index (χ2v) is 10.4. The Bertz CT molecular complexity index is 1400. The predicted octanol–water partition coefficient (Wildman–Crippen LogP) is 1.05.